The van der Waals surface area contributed by atoms with Crippen LogP contribution in [0.3, 0.4) is 0 Å². The predicted octanol–water partition coefficient (Wildman–Crippen LogP) is 4.27. The Kier molecular flexibility index (Phi) is 3.47. The highest BCUT2D eigenvalue weighted by molar-refractivity contribution is 6.35. The van der Waals surface area contributed by atoms with Crippen LogP contribution in [-0.2, 0) is 5.54 Å². The molecule has 0 unspecified atom stereocenters. The molecule has 2 heterocycles. The van der Waals surface area contributed by atoms with Crippen LogP contribution in [-0.4, -0.2) is 18.0 Å². The molecule has 0 saturated heterocycles. The van der Waals surface area contributed by atoms with Crippen LogP contribution in [0.4, 0.5) is 10.5 Å². The third-order valence-corrected chi connectivity index (χ3v) is 5.97. The van der Waals surface area contributed by atoms with Gasteiger partial charge in [0.25, 0.3) is 5.91 Å². The van der Waals surface area contributed by atoms with Crippen molar-refractivity contribution in [3.8, 4) is 0 Å². The van der Waals surface area contributed by atoms with E-state index in [-0.39, 0.29) is 18.0 Å². The smallest absolute Gasteiger partial charge is 0.319 e. The molecule has 3 aliphatic rings. The highest BCUT2D eigenvalue weighted by Gasteiger charge is 2.44. The zero-order chi connectivity index (χ0) is 17.9. The molecule has 5 rings (SSSR count). The molecule has 3 amide bonds. The van der Waals surface area contributed by atoms with Crippen LogP contribution in [0.2, 0.25) is 5.02 Å². The molecule has 0 bridgehead atoms. The number of nitrogens with one attached hydrogen (secondary N) is 3. The van der Waals surface area contributed by atoms with Crippen molar-refractivity contribution in [1.29, 1.82) is 0 Å². The fourth-order valence-corrected chi connectivity index (χ4v) is 4.54. The number of amides is 3. The maximum atomic E-state index is 12.4. The quantitative estimate of drug-likeness (QED) is 0.734. The van der Waals surface area contributed by atoms with E-state index in [2.05, 4.69) is 16.0 Å². The molecule has 2 saturated carbocycles. The molecule has 1 aromatic carbocycles. The van der Waals surface area contributed by atoms with Gasteiger partial charge in [0.15, 0.2) is 5.76 Å². The van der Waals surface area contributed by atoms with E-state index in [1.807, 2.05) is 0 Å². The van der Waals surface area contributed by atoms with Gasteiger partial charge in [0.2, 0.25) is 0 Å². The summed E-state index contributed by atoms with van der Waals surface area (Å²) in [6.45, 7) is 0. The summed E-state index contributed by atoms with van der Waals surface area (Å²) >= 11 is 6.49. The number of urea groups is 1. The molecule has 2 fully saturated rings. The maximum absolute atomic E-state index is 12.4. The second-order valence-electron chi connectivity index (χ2n) is 7.61. The minimum absolute atomic E-state index is 0.195. The summed E-state index contributed by atoms with van der Waals surface area (Å²) in [7, 11) is 0. The molecule has 1 spiro atoms. The molecule has 3 N–H and O–H groups in total. The van der Waals surface area contributed by atoms with Gasteiger partial charge in [-0.25, -0.2) is 4.79 Å². The van der Waals surface area contributed by atoms with Crippen molar-refractivity contribution in [1.82, 2.24) is 10.6 Å². The van der Waals surface area contributed by atoms with E-state index >= 15 is 0 Å². The monoisotopic (exact) mass is 373 g/mol. The van der Waals surface area contributed by atoms with Gasteiger partial charge in [0.05, 0.1) is 16.2 Å². The van der Waals surface area contributed by atoms with E-state index in [0.29, 0.717) is 22.1 Å². The molecule has 2 aliphatic carbocycles. The molecule has 1 aromatic heterocycles. The number of hydrogen-bond acceptors (Lipinski definition) is 3. The van der Waals surface area contributed by atoms with E-state index in [4.69, 9.17) is 16.0 Å². The van der Waals surface area contributed by atoms with Crippen LogP contribution in [0.25, 0.3) is 11.0 Å². The van der Waals surface area contributed by atoms with Crippen molar-refractivity contribution in [2.24, 2.45) is 0 Å². The second kappa shape index (κ2) is 5.64. The lowest BCUT2D eigenvalue weighted by Gasteiger charge is -2.42. The predicted molar refractivity (Wildman–Crippen MR) is 98.6 cm³/mol. The Morgan fingerprint density at radius 3 is 2.73 bits per heavy atom. The molecule has 26 heavy (non-hydrogen) atoms. The van der Waals surface area contributed by atoms with Gasteiger partial charge in [-0.3, -0.25) is 4.79 Å². The summed E-state index contributed by atoms with van der Waals surface area (Å²) in [4.78, 5) is 24.7. The van der Waals surface area contributed by atoms with Gasteiger partial charge in [0.1, 0.15) is 5.58 Å². The minimum Gasteiger partial charge on any atom is -0.450 e. The van der Waals surface area contributed by atoms with Crippen molar-refractivity contribution in [3.63, 3.8) is 0 Å². The molecule has 0 atom stereocenters. The fraction of sp³-hybridized carbons (Fsp3) is 0.474. The number of hydrogen-bond donors (Lipinski definition) is 3. The highest BCUT2D eigenvalue weighted by atomic mass is 35.5. The molecule has 2 aromatic rings. The van der Waals surface area contributed by atoms with Gasteiger partial charge < -0.3 is 20.4 Å². The first-order valence-corrected chi connectivity index (χ1v) is 9.60. The van der Waals surface area contributed by atoms with Crippen molar-refractivity contribution in [3.05, 3.63) is 28.5 Å². The van der Waals surface area contributed by atoms with Gasteiger partial charge in [-0.1, -0.05) is 30.9 Å². The SMILES string of the molecule is O=C1Nc2c(Cl)cc3cc(C(=O)NC4CC4)oc3c2C2(CCCCC2)N1. The molecule has 6 nitrogen and oxygen atoms in total. The van der Waals surface area contributed by atoms with Crippen LogP contribution < -0.4 is 16.0 Å². The van der Waals surface area contributed by atoms with E-state index in [1.165, 1.54) is 0 Å². The maximum Gasteiger partial charge on any atom is 0.319 e. The van der Waals surface area contributed by atoms with Crippen LogP contribution in [0, 0.1) is 0 Å². The Hall–Kier alpha value is -2.21. The zero-order valence-electron chi connectivity index (χ0n) is 14.3. The van der Waals surface area contributed by atoms with Crippen molar-refractivity contribution in [2.45, 2.75) is 56.5 Å². The molecule has 136 valence electrons. The molecular weight excluding hydrogens is 354 g/mol. The van der Waals surface area contributed by atoms with Crippen molar-refractivity contribution < 1.29 is 14.0 Å². The lowest BCUT2D eigenvalue weighted by Crippen LogP contribution is -2.52. The lowest BCUT2D eigenvalue weighted by atomic mass is 9.74. The number of carbonyl (C=O) groups is 2. The van der Waals surface area contributed by atoms with Gasteiger partial charge in [-0.2, -0.15) is 0 Å². The van der Waals surface area contributed by atoms with Gasteiger partial charge in [-0.05, 0) is 37.8 Å². The number of rotatable bonds is 2. The highest BCUT2D eigenvalue weighted by Crippen LogP contribution is 2.48. The number of fused-ring (bicyclic) bond motifs is 4. The Morgan fingerprint density at radius 1 is 1.23 bits per heavy atom. The number of furan rings is 1. The Balaban J connectivity index is 1.68. The van der Waals surface area contributed by atoms with Gasteiger partial charge in [-0.15, -0.1) is 0 Å². The van der Waals surface area contributed by atoms with Crippen LogP contribution >= 0.6 is 11.6 Å². The number of halogens is 1. The first-order valence-electron chi connectivity index (χ1n) is 9.22. The minimum atomic E-state index is -0.485. The lowest BCUT2D eigenvalue weighted by molar-refractivity contribution is 0.0925. The fourth-order valence-electron chi connectivity index (χ4n) is 4.28. The van der Waals surface area contributed by atoms with Crippen molar-refractivity contribution >= 4 is 40.2 Å². The zero-order valence-corrected chi connectivity index (χ0v) is 15.0. The van der Waals surface area contributed by atoms with Crippen LogP contribution in [0.15, 0.2) is 16.5 Å². The standard InChI is InChI=1S/C19H20ClN3O3/c20-12-8-10-9-13(17(24)21-11-4-5-11)26-16(10)14-15(12)22-18(25)23-19(14)6-2-1-3-7-19/h8-9,11H,1-7H2,(H,21,24)(H2,22,23,25). The summed E-state index contributed by atoms with van der Waals surface area (Å²) in [5, 5.41) is 10.2. The molecular formula is C19H20ClN3O3. The Morgan fingerprint density at radius 2 is 2.00 bits per heavy atom. The molecule has 7 heteroatoms. The third-order valence-electron chi connectivity index (χ3n) is 5.67. The number of carbonyl (C=O) groups excluding carboxylic acids is 2. The summed E-state index contributed by atoms with van der Waals surface area (Å²) in [6.07, 6.45) is 6.93. The Bertz CT molecular complexity index is 926. The second-order valence-corrected chi connectivity index (χ2v) is 8.01. The van der Waals surface area contributed by atoms with Gasteiger partial charge >= 0.3 is 6.03 Å². The molecule has 0 radical (unpaired) electrons. The number of benzene rings is 1. The third kappa shape index (κ3) is 2.47. The Labute approximate surface area is 155 Å². The summed E-state index contributed by atoms with van der Waals surface area (Å²) in [5.74, 6) is 0.0956. The van der Waals surface area contributed by atoms with Gasteiger partial charge in [0, 0.05) is 17.0 Å². The average Bonchev–Trinajstić information content (AvgIpc) is 3.32. The summed E-state index contributed by atoms with van der Waals surface area (Å²) in [5.41, 5.74) is 1.64. The van der Waals surface area contributed by atoms with E-state index < -0.39 is 5.54 Å². The van der Waals surface area contributed by atoms with Crippen LogP contribution in [0.5, 0.6) is 0 Å². The molecule has 1 aliphatic heterocycles. The number of anilines is 1. The first-order chi connectivity index (χ1) is 12.6. The van der Waals surface area contributed by atoms with E-state index in [9.17, 15) is 9.59 Å². The largest absolute Gasteiger partial charge is 0.450 e. The normalized spacial score (nSPS) is 21.2. The van der Waals surface area contributed by atoms with Crippen molar-refractivity contribution in [2.75, 3.05) is 5.32 Å². The van der Waals surface area contributed by atoms with E-state index in [1.54, 1.807) is 12.1 Å². The summed E-state index contributed by atoms with van der Waals surface area (Å²) in [6, 6.07) is 3.53. The van der Waals surface area contributed by atoms with E-state index in [0.717, 1.165) is 55.9 Å². The summed E-state index contributed by atoms with van der Waals surface area (Å²) < 4.78 is 6.01. The average molecular weight is 374 g/mol. The first kappa shape index (κ1) is 16.0. The van der Waals surface area contributed by atoms with Crippen LogP contribution in [0.1, 0.15) is 61.1 Å². The topological polar surface area (TPSA) is 83.4 Å².